The van der Waals surface area contributed by atoms with Crippen molar-refractivity contribution in [1.29, 1.82) is 0 Å². The van der Waals surface area contributed by atoms with E-state index in [0.717, 1.165) is 89.9 Å². The van der Waals surface area contributed by atoms with Crippen molar-refractivity contribution in [2.24, 2.45) is 0 Å². The van der Waals surface area contributed by atoms with Crippen LogP contribution >= 0.6 is 0 Å². The quantitative estimate of drug-likeness (QED) is 0.0261. The molecule has 0 bridgehead atoms. The highest BCUT2D eigenvalue weighted by atomic mass is 16.6. The maximum Gasteiger partial charge on any atom is 0.306 e. The number of rotatable bonds is 60. The fraction of sp³-hybridized carbons (Fsp3) is 0.838. The van der Waals surface area contributed by atoms with Crippen molar-refractivity contribution >= 4 is 17.9 Å². The summed E-state index contributed by atoms with van der Waals surface area (Å²) in [6, 6.07) is 0. The molecule has 0 aliphatic carbocycles. The normalized spacial score (nSPS) is 12.3. The van der Waals surface area contributed by atoms with Gasteiger partial charge in [0.05, 0.1) is 0 Å². The zero-order valence-electron chi connectivity index (χ0n) is 49.6. The molecule has 432 valence electrons. The fourth-order valence-corrected chi connectivity index (χ4v) is 9.73. The summed E-state index contributed by atoms with van der Waals surface area (Å²) in [5.74, 6) is -0.858. The van der Waals surface area contributed by atoms with Crippen molar-refractivity contribution in [1.82, 2.24) is 0 Å². The Hall–Kier alpha value is -2.63. The average molecular weight is 1040 g/mol. The van der Waals surface area contributed by atoms with Gasteiger partial charge in [-0.1, -0.05) is 320 Å². The van der Waals surface area contributed by atoms with E-state index in [1.54, 1.807) is 0 Å². The van der Waals surface area contributed by atoms with Crippen molar-refractivity contribution in [2.45, 2.75) is 354 Å². The first kappa shape index (κ1) is 71.4. The summed E-state index contributed by atoms with van der Waals surface area (Å²) in [6.45, 7) is 6.50. The number of hydrogen-bond acceptors (Lipinski definition) is 6. The molecule has 0 aromatic heterocycles. The topological polar surface area (TPSA) is 78.9 Å². The highest BCUT2D eigenvalue weighted by molar-refractivity contribution is 5.71. The number of allylic oxidation sites excluding steroid dienone is 8. The van der Waals surface area contributed by atoms with Crippen LogP contribution in [0.25, 0.3) is 0 Å². The predicted molar refractivity (Wildman–Crippen MR) is 321 cm³/mol. The molecule has 0 rings (SSSR count). The second-order valence-corrected chi connectivity index (χ2v) is 22.0. The Kier molecular flexibility index (Phi) is 60.7. The van der Waals surface area contributed by atoms with Crippen molar-refractivity contribution in [2.75, 3.05) is 13.2 Å². The molecule has 0 aliphatic heterocycles. The Labute approximate surface area is 460 Å². The molecule has 0 fully saturated rings. The highest BCUT2D eigenvalue weighted by Gasteiger charge is 2.19. The van der Waals surface area contributed by atoms with Crippen LogP contribution in [0.1, 0.15) is 348 Å². The summed E-state index contributed by atoms with van der Waals surface area (Å²) < 4.78 is 16.8. The summed E-state index contributed by atoms with van der Waals surface area (Å²) in [5, 5.41) is 0. The molecule has 1 unspecified atom stereocenters. The Morgan fingerprint density at radius 1 is 0.284 bits per heavy atom. The SMILES string of the molecule is CC/C=C\C/C=C\C/C=C\C/C=C\CCCCCCCCCCCCCCCCCCCCCCC(=O)OCC(COC(=O)CCCCCCC)OC(=O)CCCCCCCCCCCCCCCCCCCC. The minimum absolute atomic E-state index is 0.0667. The first-order valence-electron chi connectivity index (χ1n) is 32.6. The van der Waals surface area contributed by atoms with E-state index in [-0.39, 0.29) is 31.1 Å². The van der Waals surface area contributed by atoms with Crippen LogP contribution in [-0.4, -0.2) is 37.2 Å². The lowest BCUT2D eigenvalue weighted by atomic mass is 10.0. The molecule has 6 nitrogen and oxygen atoms in total. The second-order valence-electron chi connectivity index (χ2n) is 22.0. The summed E-state index contributed by atoms with van der Waals surface area (Å²) in [7, 11) is 0. The third kappa shape index (κ3) is 60.2. The molecule has 0 aromatic carbocycles. The lowest BCUT2D eigenvalue weighted by molar-refractivity contribution is -0.167. The molecule has 74 heavy (non-hydrogen) atoms. The minimum atomic E-state index is -0.764. The van der Waals surface area contributed by atoms with Gasteiger partial charge in [0.1, 0.15) is 13.2 Å². The Balaban J connectivity index is 3.90. The number of unbranched alkanes of at least 4 members (excludes halogenated alkanes) is 41. The van der Waals surface area contributed by atoms with Gasteiger partial charge in [-0.15, -0.1) is 0 Å². The molecule has 0 aliphatic rings. The van der Waals surface area contributed by atoms with Gasteiger partial charge in [-0.3, -0.25) is 14.4 Å². The standard InChI is InChI=1S/C68H124O6/c1-4-7-10-13-15-17-19-21-23-25-27-28-29-30-31-32-33-34-35-36-37-38-39-40-41-43-44-46-48-50-52-55-58-61-67(70)73-64-65(63-72-66(69)60-57-54-12-9-6-3)74-68(71)62-59-56-53-51-49-47-45-42-26-24-22-20-18-16-14-11-8-5-2/h7,10,15,17,21,23,27-28,65H,4-6,8-9,11-14,16,18-20,22,24-26,29-64H2,1-3H3/b10-7-,17-15-,23-21-,28-27-. The summed E-state index contributed by atoms with van der Waals surface area (Å²) in [4.78, 5) is 37.9. The molecule has 0 spiro atoms. The molecule has 0 amide bonds. The van der Waals surface area contributed by atoms with E-state index in [1.165, 1.54) is 218 Å². The zero-order valence-corrected chi connectivity index (χ0v) is 49.6. The van der Waals surface area contributed by atoms with E-state index in [0.29, 0.717) is 19.3 Å². The van der Waals surface area contributed by atoms with Crippen molar-refractivity contribution < 1.29 is 28.6 Å². The van der Waals surface area contributed by atoms with Crippen molar-refractivity contribution in [3.63, 3.8) is 0 Å². The van der Waals surface area contributed by atoms with Crippen LogP contribution in [0.4, 0.5) is 0 Å². The van der Waals surface area contributed by atoms with Crippen molar-refractivity contribution in [3.8, 4) is 0 Å². The molecule has 1 atom stereocenters. The molecule has 0 aromatic rings. The molecule has 0 radical (unpaired) electrons. The molecule has 0 saturated carbocycles. The van der Waals surface area contributed by atoms with Gasteiger partial charge in [0, 0.05) is 19.3 Å². The monoisotopic (exact) mass is 1040 g/mol. The highest BCUT2D eigenvalue weighted by Crippen LogP contribution is 2.18. The average Bonchev–Trinajstić information content (AvgIpc) is 3.40. The van der Waals surface area contributed by atoms with E-state index in [4.69, 9.17) is 14.2 Å². The minimum Gasteiger partial charge on any atom is -0.462 e. The first-order valence-corrected chi connectivity index (χ1v) is 32.6. The van der Waals surface area contributed by atoms with Crippen molar-refractivity contribution in [3.05, 3.63) is 48.6 Å². The first-order chi connectivity index (χ1) is 36.5. The zero-order chi connectivity index (χ0) is 53.6. The molecule has 0 saturated heterocycles. The summed E-state index contributed by atoms with van der Waals surface area (Å²) in [6.07, 6.45) is 79.0. The van der Waals surface area contributed by atoms with Crippen LogP contribution in [0.3, 0.4) is 0 Å². The van der Waals surface area contributed by atoms with Gasteiger partial charge in [0.2, 0.25) is 0 Å². The maximum atomic E-state index is 12.8. The predicted octanol–water partition coefficient (Wildman–Crippen LogP) is 22.2. The van der Waals surface area contributed by atoms with Gasteiger partial charge in [-0.2, -0.15) is 0 Å². The second kappa shape index (κ2) is 62.9. The Bertz CT molecular complexity index is 1280. The van der Waals surface area contributed by atoms with Crippen LogP contribution < -0.4 is 0 Å². The largest absolute Gasteiger partial charge is 0.462 e. The van der Waals surface area contributed by atoms with Crippen LogP contribution in [0.5, 0.6) is 0 Å². The van der Waals surface area contributed by atoms with Gasteiger partial charge in [0.15, 0.2) is 6.10 Å². The number of carbonyl (C=O) groups is 3. The maximum absolute atomic E-state index is 12.8. The van der Waals surface area contributed by atoms with Crippen LogP contribution in [0, 0.1) is 0 Å². The fourth-order valence-electron chi connectivity index (χ4n) is 9.73. The lowest BCUT2D eigenvalue weighted by Crippen LogP contribution is -2.30. The number of ether oxygens (including phenoxy) is 3. The molecular weight excluding hydrogens is 913 g/mol. The smallest absolute Gasteiger partial charge is 0.306 e. The number of hydrogen-bond donors (Lipinski definition) is 0. The third-order valence-electron chi connectivity index (χ3n) is 14.6. The van der Waals surface area contributed by atoms with Gasteiger partial charge >= 0.3 is 17.9 Å². The summed E-state index contributed by atoms with van der Waals surface area (Å²) >= 11 is 0. The van der Waals surface area contributed by atoms with E-state index < -0.39 is 6.10 Å². The Morgan fingerprint density at radius 2 is 0.527 bits per heavy atom. The van der Waals surface area contributed by atoms with Crippen LogP contribution in [0.15, 0.2) is 48.6 Å². The third-order valence-corrected chi connectivity index (χ3v) is 14.6. The Morgan fingerprint density at radius 3 is 0.824 bits per heavy atom. The summed E-state index contributed by atoms with van der Waals surface area (Å²) in [5.41, 5.74) is 0. The van der Waals surface area contributed by atoms with E-state index in [1.807, 2.05) is 0 Å². The number of esters is 3. The van der Waals surface area contributed by atoms with E-state index in [2.05, 4.69) is 69.4 Å². The molecule has 6 heteroatoms. The molecular formula is C68H124O6. The van der Waals surface area contributed by atoms with Gasteiger partial charge in [-0.25, -0.2) is 0 Å². The van der Waals surface area contributed by atoms with E-state index in [9.17, 15) is 14.4 Å². The van der Waals surface area contributed by atoms with Gasteiger partial charge < -0.3 is 14.2 Å². The van der Waals surface area contributed by atoms with Crippen LogP contribution in [-0.2, 0) is 28.6 Å². The van der Waals surface area contributed by atoms with Crippen LogP contribution in [0.2, 0.25) is 0 Å². The number of carbonyl (C=O) groups excluding carboxylic acids is 3. The van der Waals surface area contributed by atoms with Gasteiger partial charge in [0.25, 0.3) is 0 Å². The molecule has 0 heterocycles. The lowest BCUT2D eigenvalue weighted by Gasteiger charge is -2.18. The van der Waals surface area contributed by atoms with Gasteiger partial charge in [-0.05, 0) is 57.8 Å². The van der Waals surface area contributed by atoms with E-state index >= 15 is 0 Å². The molecule has 0 N–H and O–H groups in total.